The molecule has 0 amide bonds. The van der Waals surface area contributed by atoms with Crippen LogP contribution in [0.3, 0.4) is 0 Å². The van der Waals surface area contributed by atoms with Crippen molar-refractivity contribution < 1.29 is 9.90 Å². The summed E-state index contributed by atoms with van der Waals surface area (Å²) in [5.74, 6) is 0.293. The maximum atomic E-state index is 10.6. The zero-order valence-electron chi connectivity index (χ0n) is 11.3. The minimum Gasteiger partial charge on any atom is -0.481 e. The Kier molecular flexibility index (Phi) is 5.69. The third-order valence-electron chi connectivity index (χ3n) is 3.00. The van der Waals surface area contributed by atoms with Crippen LogP contribution in [-0.2, 0) is 17.6 Å². The van der Waals surface area contributed by atoms with E-state index in [4.69, 9.17) is 5.11 Å². The summed E-state index contributed by atoms with van der Waals surface area (Å²) in [4.78, 5) is 11.8. The van der Waals surface area contributed by atoms with Crippen LogP contribution in [0.4, 0.5) is 0 Å². The predicted octanol–water partition coefficient (Wildman–Crippen LogP) is 4.04. The molecule has 0 aliphatic carbocycles. The van der Waals surface area contributed by atoms with Gasteiger partial charge in [0.1, 0.15) is 0 Å². The molecule has 0 atom stereocenters. The van der Waals surface area contributed by atoms with E-state index >= 15 is 0 Å². The molecule has 0 unspecified atom stereocenters. The summed E-state index contributed by atoms with van der Waals surface area (Å²) in [5, 5.41) is 8.71. The second-order valence-corrected chi connectivity index (χ2v) is 5.82. The van der Waals surface area contributed by atoms with Gasteiger partial charge in [-0.05, 0) is 41.9 Å². The maximum Gasteiger partial charge on any atom is 0.307 e. The molecule has 0 saturated carbocycles. The predicted molar refractivity (Wildman–Crippen MR) is 83.3 cm³/mol. The number of carboxylic acid groups (broad SMARTS) is 1. The third kappa shape index (κ3) is 5.10. The minimum absolute atomic E-state index is 0.0962. The number of aliphatic carboxylic acids is 1. The monoisotopic (exact) mass is 286 g/mol. The lowest BCUT2D eigenvalue weighted by molar-refractivity contribution is -0.136. The molecule has 104 valence electrons. The van der Waals surface area contributed by atoms with Gasteiger partial charge in [-0.3, -0.25) is 4.79 Å². The molecule has 2 aromatic carbocycles. The highest BCUT2D eigenvalue weighted by atomic mass is 32.2. The fraction of sp³-hybridized carbons (Fsp3) is 0.235. The van der Waals surface area contributed by atoms with E-state index in [1.165, 1.54) is 10.5 Å². The Morgan fingerprint density at radius 3 is 2.30 bits per heavy atom. The Labute approximate surface area is 123 Å². The summed E-state index contributed by atoms with van der Waals surface area (Å²) in [6, 6.07) is 18.3. The highest BCUT2D eigenvalue weighted by Crippen LogP contribution is 2.20. The number of rotatable bonds is 7. The van der Waals surface area contributed by atoms with E-state index in [-0.39, 0.29) is 6.42 Å². The van der Waals surface area contributed by atoms with Gasteiger partial charge in [0.25, 0.3) is 0 Å². The summed E-state index contributed by atoms with van der Waals surface area (Å²) in [6.45, 7) is 0. The average molecular weight is 286 g/mol. The Balaban J connectivity index is 1.73. The molecule has 0 heterocycles. The number of benzene rings is 2. The van der Waals surface area contributed by atoms with Gasteiger partial charge in [0.05, 0.1) is 6.42 Å². The fourth-order valence-electron chi connectivity index (χ4n) is 1.99. The number of thioether (sulfide) groups is 1. The van der Waals surface area contributed by atoms with E-state index in [2.05, 4.69) is 24.3 Å². The zero-order valence-corrected chi connectivity index (χ0v) is 12.1. The molecule has 0 spiro atoms. The summed E-state index contributed by atoms with van der Waals surface area (Å²) in [5.41, 5.74) is 2.23. The van der Waals surface area contributed by atoms with E-state index in [9.17, 15) is 4.79 Å². The second kappa shape index (κ2) is 7.75. The van der Waals surface area contributed by atoms with Crippen LogP contribution in [0, 0.1) is 0 Å². The van der Waals surface area contributed by atoms with Crippen molar-refractivity contribution >= 4 is 17.7 Å². The number of hydrogen-bond acceptors (Lipinski definition) is 2. The quantitative estimate of drug-likeness (QED) is 0.616. The van der Waals surface area contributed by atoms with Crippen molar-refractivity contribution in [1.29, 1.82) is 0 Å². The molecule has 2 nitrogen and oxygen atoms in total. The Morgan fingerprint density at radius 2 is 1.65 bits per heavy atom. The lowest BCUT2D eigenvalue weighted by atomic mass is 10.1. The van der Waals surface area contributed by atoms with Gasteiger partial charge in [-0.1, -0.05) is 42.5 Å². The maximum absolute atomic E-state index is 10.6. The lowest BCUT2D eigenvalue weighted by Gasteiger charge is -2.03. The molecule has 20 heavy (non-hydrogen) atoms. The minimum atomic E-state index is -0.784. The van der Waals surface area contributed by atoms with Crippen LogP contribution in [-0.4, -0.2) is 16.8 Å². The molecule has 0 aliphatic heterocycles. The van der Waals surface area contributed by atoms with Gasteiger partial charge in [-0.15, -0.1) is 11.8 Å². The van der Waals surface area contributed by atoms with Crippen molar-refractivity contribution in [2.75, 3.05) is 5.75 Å². The topological polar surface area (TPSA) is 37.3 Å². The van der Waals surface area contributed by atoms with E-state index in [0.29, 0.717) is 0 Å². The fourth-order valence-corrected chi connectivity index (χ4v) is 2.84. The van der Waals surface area contributed by atoms with Crippen molar-refractivity contribution in [1.82, 2.24) is 0 Å². The van der Waals surface area contributed by atoms with Crippen LogP contribution in [0.1, 0.15) is 17.5 Å². The van der Waals surface area contributed by atoms with E-state index in [1.807, 2.05) is 42.1 Å². The Hall–Kier alpha value is -1.74. The van der Waals surface area contributed by atoms with Gasteiger partial charge in [0, 0.05) is 4.90 Å². The summed E-state index contributed by atoms with van der Waals surface area (Å²) in [7, 11) is 0. The van der Waals surface area contributed by atoms with Gasteiger partial charge in [-0.25, -0.2) is 0 Å². The SMILES string of the molecule is O=C(O)Cc1ccc(SCCCc2ccccc2)cc1. The number of aryl methyl sites for hydroxylation is 1. The van der Waals surface area contributed by atoms with Crippen molar-refractivity contribution in [2.45, 2.75) is 24.2 Å². The summed E-state index contributed by atoms with van der Waals surface area (Å²) >= 11 is 1.82. The molecular weight excluding hydrogens is 268 g/mol. The Morgan fingerprint density at radius 1 is 0.950 bits per heavy atom. The second-order valence-electron chi connectivity index (χ2n) is 4.65. The first-order valence-electron chi connectivity index (χ1n) is 6.71. The first kappa shape index (κ1) is 14.7. The normalized spacial score (nSPS) is 10.4. The molecule has 0 saturated heterocycles. The van der Waals surface area contributed by atoms with Gasteiger partial charge in [0.15, 0.2) is 0 Å². The summed E-state index contributed by atoms with van der Waals surface area (Å²) < 4.78 is 0. The molecule has 0 radical (unpaired) electrons. The number of carbonyl (C=O) groups is 1. The summed E-state index contributed by atoms with van der Waals surface area (Å²) in [6.07, 6.45) is 2.34. The molecule has 2 aromatic rings. The molecule has 1 N–H and O–H groups in total. The highest BCUT2D eigenvalue weighted by Gasteiger charge is 2.00. The van der Waals surface area contributed by atoms with Crippen LogP contribution < -0.4 is 0 Å². The van der Waals surface area contributed by atoms with Crippen LogP contribution >= 0.6 is 11.8 Å². The number of carboxylic acids is 1. The van der Waals surface area contributed by atoms with Gasteiger partial charge >= 0.3 is 5.97 Å². The molecule has 0 fully saturated rings. The van der Waals surface area contributed by atoms with Crippen molar-refractivity contribution in [3.05, 3.63) is 65.7 Å². The van der Waals surface area contributed by atoms with Crippen LogP contribution in [0.15, 0.2) is 59.5 Å². The van der Waals surface area contributed by atoms with E-state index in [0.717, 1.165) is 24.2 Å². The van der Waals surface area contributed by atoms with Crippen LogP contribution in [0.2, 0.25) is 0 Å². The molecule has 3 heteroatoms. The zero-order chi connectivity index (χ0) is 14.2. The average Bonchev–Trinajstić information content (AvgIpc) is 2.46. The van der Waals surface area contributed by atoms with E-state index < -0.39 is 5.97 Å². The van der Waals surface area contributed by atoms with Crippen molar-refractivity contribution in [3.63, 3.8) is 0 Å². The van der Waals surface area contributed by atoms with Gasteiger partial charge in [0.2, 0.25) is 0 Å². The Bertz CT molecular complexity index is 535. The van der Waals surface area contributed by atoms with Crippen molar-refractivity contribution in [3.8, 4) is 0 Å². The molecule has 0 aromatic heterocycles. The molecular formula is C17H18O2S. The van der Waals surface area contributed by atoms with Gasteiger partial charge in [-0.2, -0.15) is 0 Å². The molecule has 0 aliphatic rings. The lowest BCUT2D eigenvalue weighted by Crippen LogP contribution is -1.99. The highest BCUT2D eigenvalue weighted by molar-refractivity contribution is 7.99. The van der Waals surface area contributed by atoms with E-state index in [1.54, 1.807) is 0 Å². The molecule has 0 bridgehead atoms. The van der Waals surface area contributed by atoms with Crippen molar-refractivity contribution in [2.24, 2.45) is 0 Å². The largest absolute Gasteiger partial charge is 0.481 e. The standard InChI is InChI=1S/C17H18O2S/c18-17(19)13-15-8-10-16(11-9-15)20-12-4-7-14-5-2-1-3-6-14/h1-3,5-6,8-11H,4,7,12-13H2,(H,18,19). The molecule has 2 rings (SSSR count). The van der Waals surface area contributed by atoms with Crippen LogP contribution in [0.5, 0.6) is 0 Å². The third-order valence-corrected chi connectivity index (χ3v) is 4.10. The number of hydrogen-bond donors (Lipinski definition) is 1. The first-order chi connectivity index (χ1) is 9.74. The smallest absolute Gasteiger partial charge is 0.307 e. The van der Waals surface area contributed by atoms with Gasteiger partial charge < -0.3 is 5.11 Å². The first-order valence-corrected chi connectivity index (χ1v) is 7.70. The van der Waals surface area contributed by atoms with Crippen LogP contribution in [0.25, 0.3) is 0 Å².